The maximum atomic E-state index is 12.7. The molecule has 3 atom stereocenters. The van der Waals surface area contributed by atoms with Crippen molar-refractivity contribution in [3.05, 3.63) is 23.2 Å². The molecule has 0 aliphatic carbocycles. The van der Waals surface area contributed by atoms with Crippen molar-refractivity contribution in [1.29, 1.82) is 0 Å². The second-order valence-electron chi connectivity index (χ2n) is 6.69. The number of carbonyl (C=O) groups is 1. The number of sulfonamides is 1. The largest absolute Gasteiger partial charge is 0.426 e. The SMILES string of the molecule is C[C@H](O)CN(C[C@@H](C)O)S(=O)(=O)c1ccc(NC(=O)[C@@](C)(O)C(F)(F)F)c(Cl)c1. The molecule has 0 radical (unpaired) electrons. The first kappa shape index (κ1) is 25.6. The Morgan fingerprint density at radius 1 is 1.21 bits per heavy atom. The van der Waals surface area contributed by atoms with Gasteiger partial charge in [-0.2, -0.15) is 17.5 Å². The lowest BCUT2D eigenvalue weighted by Gasteiger charge is -2.26. The second kappa shape index (κ2) is 9.14. The van der Waals surface area contributed by atoms with Crippen molar-refractivity contribution < 1.29 is 41.7 Å². The van der Waals surface area contributed by atoms with Crippen LogP contribution in [0.3, 0.4) is 0 Å². The summed E-state index contributed by atoms with van der Waals surface area (Å²) in [5.41, 5.74) is -4.04. The number of benzene rings is 1. The number of hydrogen-bond donors (Lipinski definition) is 4. The molecular weight excluding hydrogens is 441 g/mol. The normalized spacial score (nSPS) is 16.9. The van der Waals surface area contributed by atoms with Gasteiger partial charge in [-0.3, -0.25) is 4.79 Å². The number of alkyl halides is 3. The van der Waals surface area contributed by atoms with Gasteiger partial charge in [-0.05, 0) is 39.0 Å². The van der Waals surface area contributed by atoms with E-state index in [-0.39, 0.29) is 30.6 Å². The van der Waals surface area contributed by atoms with E-state index in [2.05, 4.69) is 0 Å². The third-order valence-electron chi connectivity index (χ3n) is 3.76. The van der Waals surface area contributed by atoms with E-state index in [1.807, 2.05) is 0 Å². The van der Waals surface area contributed by atoms with E-state index in [1.165, 1.54) is 13.8 Å². The van der Waals surface area contributed by atoms with Crippen LogP contribution in [0.15, 0.2) is 23.1 Å². The van der Waals surface area contributed by atoms with E-state index in [4.69, 9.17) is 11.6 Å². The average molecular weight is 463 g/mol. The molecule has 13 heteroatoms. The van der Waals surface area contributed by atoms with E-state index >= 15 is 0 Å². The molecule has 1 aromatic carbocycles. The fraction of sp³-hybridized carbons (Fsp3) is 0.562. The van der Waals surface area contributed by atoms with Crippen molar-refractivity contribution in [2.45, 2.75) is 49.7 Å². The van der Waals surface area contributed by atoms with Gasteiger partial charge >= 0.3 is 6.18 Å². The molecule has 1 amide bonds. The fourth-order valence-electron chi connectivity index (χ4n) is 2.14. The van der Waals surface area contributed by atoms with Gasteiger partial charge in [0.25, 0.3) is 5.91 Å². The third kappa shape index (κ3) is 6.27. The number of aliphatic hydroxyl groups is 3. The molecule has 29 heavy (non-hydrogen) atoms. The summed E-state index contributed by atoms with van der Waals surface area (Å²) in [4.78, 5) is 11.4. The number of amides is 1. The standard InChI is InChI=1S/C16H22ClF3N2O6S/c1-9(23)7-22(8-10(2)24)29(27,28)11-4-5-13(12(17)6-11)21-14(25)15(3,26)16(18,19)20/h4-6,9-10,23-24,26H,7-8H2,1-3H3,(H,21,25)/t9-,10+,15-/m1/s1. The predicted octanol–water partition coefficient (Wildman–Crippen LogP) is 1.34. The molecule has 0 unspecified atom stereocenters. The molecule has 0 aromatic heterocycles. The van der Waals surface area contributed by atoms with E-state index in [0.717, 1.165) is 22.5 Å². The highest BCUT2D eigenvalue weighted by molar-refractivity contribution is 7.89. The molecule has 166 valence electrons. The fourth-order valence-corrected chi connectivity index (χ4v) is 4.06. The van der Waals surface area contributed by atoms with Crippen molar-refractivity contribution in [2.24, 2.45) is 0 Å². The van der Waals surface area contributed by atoms with Crippen molar-refractivity contribution in [3.8, 4) is 0 Å². The van der Waals surface area contributed by atoms with E-state index in [1.54, 1.807) is 5.32 Å². The molecule has 8 nitrogen and oxygen atoms in total. The number of hydrogen-bond acceptors (Lipinski definition) is 6. The van der Waals surface area contributed by atoms with Gasteiger partial charge in [-0.25, -0.2) is 8.42 Å². The lowest BCUT2D eigenvalue weighted by molar-refractivity contribution is -0.242. The molecule has 0 spiro atoms. The van der Waals surface area contributed by atoms with Crippen LogP contribution in [0.4, 0.5) is 18.9 Å². The zero-order valence-corrected chi connectivity index (χ0v) is 17.3. The molecule has 1 rings (SSSR count). The van der Waals surface area contributed by atoms with Crippen LogP contribution < -0.4 is 5.32 Å². The highest BCUT2D eigenvalue weighted by Crippen LogP contribution is 2.33. The Morgan fingerprint density at radius 2 is 1.69 bits per heavy atom. The first-order chi connectivity index (χ1) is 13.0. The predicted molar refractivity (Wildman–Crippen MR) is 98.9 cm³/mol. The maximum Gasteiger partial charge on any atom is 0.426 e. The minimum absolute atomic E-state index is 0.263. The molecule has 0 bridgehead atoms. The summed E-state index contributed by atoms with van der Waals surface area (Å²) in [7, 11) is -4.22. The summed E-state index contributed by atoms with van der Waals surface area (Å²) in [6.07, 6.45) is -7.32. The van der Waals surface area contributed by atoms with Crippen LogP contribution in [0.1, 0.15) is 20.8 Å². The summed E-state index contributed by atoms with van der Waals surface area (Å²) in [6.45, 7) is 2.32. The van der Waals surface area contributed by atoms with Gasteiger partial charge in [0.15, 0.2) is 0 Å². The maximum absolute atomic E-state index is 12.7. The summed E-state index contributed by atoms with van der Waals surface area (Å²) < 4.78 is 64.5. The number of nitrogens with zero attached hydrogens (tertiary/aromatic N) is 1. The lowest BCUT2D eigenvalue weighted by Crippen LogP contribution is -2.52. The molecular formula is C16H22ClF3N2O6S. The first-order valence-corrected chi connectivity index (χ1v) is 10.1. The topological polar surface area (TPSA) is 127 Å². The number of aliphatic hydroxyl groups excluding tert-OH is 2. The third-order valence-corrected chi connectivity index (χ3v) is 5.90. The van der Waals surface area contributed by atoms with Crippen molar-refractivity contribution >= 4 is 33.2 Å². The zero-order chi connectivity index (χ0) is 22.8. The van der Waals surface area contributed by atoms with Crippen molar-refractivity contribution in [3.63, 3.8) is 0 Å². The van der Waals surface area contributed by atoms with Crippen molar-refractivity contribution in [1.82, 2.24) is 4.31 Å². The van der Waals surface area contributed by atoms with Gasteiger partial charge in [0.2, 0.25) is 15.6 Å². The zero-order valence-electron chi connectivity index (χ0n) is 15.7. The number of halogens is 4. The van der Waals surface area contributed by atoms with Crippen LogP contribution in [0.2, 0.25) is 5.02 Å². The van der Waals surface area contributed by atoms with Gasteiger partial charge in [0.1, 0.15) is 0 Å². The molecule has 0 saturated carbocycles. The minimum Gasteiger partial charge on any atom is -0.392 e. The van der Waals surface area contributed by atoms with Gasteiger partial charge in [-0.15, -0.1) is 0 Å². The Balaban J connectivity index is 3.20. The summed E-state index contributed by atoms with van der Waals surface area (Å²) in [5, 5.41) is 29.8. The van der Waals surface area contributed by atoms with Crippen LogP contribution in [0.5, 0.6) is 0 Å². The molecule has 0 saturated heterocycles. The molecule has 1 aromatic rings. The van der Waals surface area contributed by atoms with E-state index < -0.39 is 44.9 Å². The summed E-state index contributed by atoms with van der Waals surface area (Å²) >= 11 is 5.90. The monoisotopic (exact) mass is 462 g/mol. The lowest BCUT2D eigenvalue weighted by atomic mass is 10.1. The number of anilines is 1. The molecule has 0 aliphatic rings. The molecule has 4 N–H and O–H groups in total. The highest BCUT2D eigenvalue weighted by atomic mass is 35.5. The van der Waals surface area contributed by atoms with E-state index in [0.29, 0.717) is 0 Å². The quantitative estimate of drug-likeness (QED) is 0.462. The number of carbonyl (C=O) groups excluding carboxylic acids is 1. The van der Waals surface area contributed by atoms with Crippen LogP contribution >= 0.6 is 11.6 Å². The first-order valence-electron chi connectivity index (χ1n) is 8.26. The molecule has 0 fully saturated rings. The Kier molecular flexibility index (Phi) is 8.07. The molecule has 0 aliphatic heterocycles. The van der Waals surface area contributed by atoms with Gasteiger partial charge in [-0.1, -0.05) is 11.6 Å². The Morgan fingerprint density at radius 3 is 2.07 bits per heavy atom. The second-order valence-corrected chi connectivity index (χ2v) is 9.03. The summed E-state index contributed by atoms with van der Waals surface area (Å²) in [6, 6.07) is 2.84. The number of nitrogens with one attached hydrogen (secondary N) is 1. The van der Waals surface area contributed by atoms with E-state index in [9.17, 15) is 41.7 Å². The summed E-state index contributed by atoms with van der Waals surface area (Å²) in [5.74, 6) is -1.80. The molecule has 0 heterocycles. The van der Waals surface area contributed by atoms with Crippen LogP contribution in [0, 0.1) is 0 Å². The van der Waals surface area contributed by atoms with Gasteiger partial charge in [0.05, 0.1) is 27.8 Å². The average Bonchev–Trinajstić information content (AvgIpc) is 2.53. The smallest absolute Gasteiger partial charge is 0.392 e. The Hall–Kier alpha value is -1.44. The Labute approximate surface area is 170 Å². The highest BCUT2D eigenvalue weighted by Gasteiger charge is 2.55. The van der Waals surface area contributed by atoms with Crippen LogP contribution in [-0.2, 0) is 14.8 Å². The van der Waals surface area contributed by atoms with Crippen molar-refractivity contribution in [2.75, 3.05) is 18.4 Å². The number of rotatable bonds is 8. The van der Waals surface area contributed by atoms with Crippen LogP contribution in [-0.4, -0.2) is 71.0 Å². The Bertz CT molecular complexity index is 834. The van der Waals surface area contributed by atoms with Crippen LogP contribution in [0.25, 0.3) is 0 Å². The minimum atomic E-state index is -5.24. The van der Waals surface area contributed by atoms with Gasteiger partial charge in [0, 0.05) is 13.1 Å². The van der Waals surface area contributed by atoms with Gasteiger partial charge < -0.3 is 20.6 Å².